The van der Waals surface area contributed by atoms with Crippen molar-refractivity contribution in [1.82, 2.24) is 5.32 Å². The summed E-state index contributed by atoms with van der Waals surface area (Å²) in [5.74, 6) is 3.05. The van der Waals surface area contributed by atoms with Crippen LogP contribution in [0.25, 0.3) is 0 Å². The van der Waals surface area contributed by atoms with Crippen LogP contribution in [0, 0.1) is 46.3 Å². The number of fused-ring (bicyclic) bond motifs is 5. The van der Waals surface area contributed by atoms with Gasteiger partial charge in [-0.05, 0) is 103 Å². The molecule has 4 heteroatoms. The van der Waals surface area contributed by atoms with Gasteiger partial charge in [-0.1, -0.05) is 51.1 Å². The van der Waals surface area contributed by atoms with Crippen LogP contribution in [0.1, 0.15) is 84.1 Å². The first-order valence-electron chi connectivity index (χ1n) is 13.9. The maximum atomic E-state index is 12.8. The minimum Gasteiger partial charge on any atom is -0.393 e. The molecule has 0 heterocycles. The van der Waals surface area contributed by atoms with Gasteiger partial charge in [-0.15, -0.1) is 0 Å². The standard InChI is InChI=1S/C30H45NO3/c1-19(15-27(34)31-18-20-7-5-4-6-8-20)23-9-10-24-28-25(12-14-30(23,24)3)29(2)13-11-22(32)16-21(29)17-26(28)33/h4-8,19,21-26,28,32-33H,9-18H2,1-3H3,(H,31,34)/t19-,21+,22-,23?,24+,25+,26-,28+,29+,30-/m1/s1. The monoisotopic (exact) mass is 467 g/mol. The smallest absolute Gasteiger partial charge is 0.220 e. The van der Waals surface area contributed by atoms with Crippen molar-refractivity contribution in [3.63, 3.8) is 0 Å². The quantitative estimate of drug-likeness (QED) is 0.549. The lowest BCUT2D eigenvalue weighted by Crippen LogP contribution is -2.58. The minimum absolute atomic E-state index is 0.158. The summed E-state index contributed by atoms with van der Waals surface area (Å²) in [5, 5.41) is 24.8. The van der Waals surface area contributed by atoms with Crippen LogP contribution in [0.5, 0.6) is 0 Å². The summed E-state index contributed by atoms with van der Waals surface area (Å²) < 4.78 is 0. The van der Waals surface area contributed by atoms with Crippen LogP contribution in [-0.4, -0.2) is 28.3 Å². The lowest BCUT2D eigenvalue weighted by Gasteiger charge is -2.62. The van der Waals surface area contributed by atoms with Gasteiger partial charge in [-0.2, -0.15) is 0 Å². The predicted octanol–water partition coefficient (Wildman–Crippen LogP) is 5.32. The van der Waals surface area contributed by atoms with Crippen LogP contribution in [-0.2, 0) is 11.3 Å². The van der Waals surface area contributed by atoms with E-state index in [0.717, 1.165) is 31.2 Å². The summed E-state index contributed by atoms with van der Waals surface area (Å²) in [5.41, 5.74) is 1.63. The molecule has 1 unspecified atom stereocenters. The van der Waals surface area contributed by atoms with E-state index < -0.39 is 0 Å². The summed E-state index contributed by atoms with van der Waals surface area (Å²) in [6, 6.07) is 10.1. The van der Waals surface area contributed by atoms with Crippen molar-refractivity contribution in [2.24, 2.45) is 46.3 Å². The maximum absolute atomic E-state index is 12.8. The topological polar surface area (TPSA) is 69.6 Å². The average molecular weight is 468 g/mol. The third-order valence-electron chi connectivity index (χ3n) is 11.3. The molecule has 1 aromatic carbocycles. The lowest BCUT2D eigenvalue weighted by atomic mass is 9.43. The molecule has 0 aromatic heterocycles. The first-order chi connectivity index (χ1) is 16.2. The first-order valence-corrected chi connectivity index (χ1v) is 13.9. The van der Waals surface area contributed by atoms with Crippen molar-refractivity contribution >= 4 is 5.91 Å². The van der Waals surface area contributed by atoms with Crippen molar-refractivity contribution in [1.29, 1.82) is 0 Å². The van der Waals surface area contributed by atoms with Gasteiger partial charge in [0.2, 0.25) is 5.91 Å². The molecule has 1 amide bonds. The molecule has 0 bridgehead atoms. The molecule has 0 spiro atoms. The Kier molecular flexibility index (Phi) is 6.61. The fraction of sp³-hybridized carbons (Fsp3) is 0.767. The number of benzene rings is 1. The van der Waals surface area contributed by atoms with E-state index in [2.05, 4.69) is 38.2 Å². The highest BCUT2D eigenvalue weighted by Crippen LogP contribution is 2.68. The number of aliphatic hydroxyl groups is 2. The number of carbonyl (C=O) groups is 1. The summed E-state index contributed by atoms with van der Waals surface area (Å²) in [6.07, 6.45) is 8.74. The van der Waals surface area contributed by atoms with Crippen LogP contribution in [0.3, 0.4) is 0 Å². The molecule has 3 N–H and O–H groups in total. The van der Waals surface area contributed by atoms with Gasteiger partial charge in [-0.25, -0.2) is 0 Å². The molecule has 0 aliphatic heterocycles. The molecule has 1 aromatic rings. The fourth-order valence-corrected chi connectivity index (χ4v) is 9.48. The summed E-state index contributed by atoms with van der Waals surface area (Å²) in [7, 11) is 0. The fourth-order valence-electron chi connectivity index (χ4n) is 9.48. The van der Waals surface area contributed by atoms with Crippen molar-refractivity contribution < 1.29 is 15.0 Å². The van der Waals surface area contributed by atoms with Crippen LogP contribution in [0.15, 0.2) is 30.3 Å². The van der Waals surface area contributed by atoms with Gasteiger partial charge in [0.15, 0.2) is 0 Å². The normalized spacial score (nSPS) is 44.4. The van der Waals surface area contributed by atoms with E-state index in [9.17, 15) is 15.0 Å². The van der Waals surface area contributed by atoms with Crippen molar-refractivity contribution in [3.8, 4) is 0 Å². The molecule has 0 radical (unpaired) electrons. The summed E-state index contributed by atoms with van der Waals surface area (Å²) in [4.78, 5) is 12.8. The van der Waals surface area contributed by atoms with Gasteiger partial charge in [-0.3, -0.25) is 4.79 Å². The zero-order valence-corrected chi connectivity index (χ0v) is 21.4. The number of hydrogen-bond donors (Lipinski definition) is 3. The Morgan fingerprint density at radius 2 is 1.71 bits per heavy atom. The van der Waals surface area contributed by atoms with Crippen molar-refractivity contribution in [2.45, 2.75) is 97.3 Å². The first kappa shape index (κ1) is 24.3. The van der Waals surface area contributed by atoms with E-state index in [0.29, 0.717) is 48.5 Å². The average Bonchev–Trinajstić information content (AvgIpc) is 3.17. The van der Waals surface area contributed by atoms with Gasteiger partial charge in [0, 0.05) is 13.0 Å². The van der Waals surface area contributed by atoms with Crippen molar-refractivity contribution in [2.75, 3.05) is 0 Å². The molecule has 188 valence electrons. The van der Waals surface area contributed by atoms with E-state index in [1.165, 1.54) is 25.7 Å². The predicted molar refractivity (Wildman–Crippen MR) is 135 cm³/mol. The third-order valence-corrected chi connectivity index (χ3v) is 11.3. The minimum atomic E-state index is -0.235. The van der Waals surface area contributed by atoms with Gasteiger partial charge >= 0.3 is 0 Å². The second-order valence-electron chi connectivity index (χ2n) is 12.9. The molecule has 4 nitrogen and oxygen atoms in total. The van der Waals surface area contributed by atoms with E-state index in [4.69, 9.17) is 0 Å². The Morgan fingerprint density at radius 1 is 1.00 bits per heavy atom. The van der Waals surface area contributed by atoms with Gasteiger partial charge < -0.3 is 15.5 Å². The SMILES string of the molecule is C[C@H](CC(=O)NCc1ccccc1)C1CC[C@H]2[C@@H]3[C@H](O)C[C@@H]4C[C@H](O)CC[C@]4(C)[C@H]3CC[C@]12C. The molecule has 10 atom stereocenters. The highest BCUT2D eigenvalue weighted by Gasteiger charge is 2.62. The highest BCUT2D eigenvalue weighted by molar-refractivity contribution is 5.76. The summed E-state index contributed by atoms with van der Waals surface area (Å²) in [6.45, 7) is 7.84. The lowest BCUT2D eigenvalue weighted by molar-refractivity contribution is -0.174. The molecule has 4 aliphatic rings. The molecule has 34 heavy (non-hydrogen) atoms. The molecule has 4 aliphatic carbocycles. The van der Waals surface area contributed by atoms with Crippen LogP contribution in [0.2, 0.25) is 0 Å². The Bertz CT molecular complexity index is 873. The van der Waals surface area contributed by atoms with Crippen molar-refractivity contribution in [3.05, 3.63) is 35.9 Å². The number of carbonyl (C=O) groups excluding carboxylic acids is 1. The molecule has 5 rings (SSSR count). The van der Waals surface area contributed by atoms with Crippen LogP contribution in [0.4, 0.5) is 0 Å². The second kappa shape index (κ2) is 9.24. The second-order valence-corrected chi connectivity index (χ2v) is 12.9. The molecule has 4 fully saturated rings. The zero-order chi connectivity index (χ0) is 24.1. The van der Waals surface area contributed by atoms with E-state index in [1.807, 2.05) is 18.2 Å². The Labute approximate surface area is 205 Å². The van der Waals surface area contributed by atoms with E-state index >= 15 is 0 Å². The maximum Gasteiger partial charge on any atom is 0.220 e. The number of hydrogen-bond acceptors (Lipinski definition) is 3. The number of amides is 1. The number of aliphatic hydroxyl groups excluding tert-OH is 2. The van der Waals surface area contributed by atoms with Crippen LogP contribution < -0.4 is 5.32 Å². The highest BCUT2D eigenvalue weighted by atomic mass is 16.3. The molecule has 4 saturated carbocycles. The summed E-state index contributed by atoms with van der Waals surface area (Å²) >= 11 is 0. The van der Waals surface area contributed by atoms with E-state index in [-0.39, 0.29) is 28.9 Å². The number of nitrogens with one attached hydrogen (secondary N) is 1. The Morgan fingerprint density at radius 3 is 2.47 bits per heavy atom. The largest absolute Gasteiger partial charge is 0.393 e. The third kappa shape index (κ3) is 4.13. The Hall–Kier alpha value is -1.39. The molecular weight excluding hydrogens is 422 g/mol. The molecular formula is C30H45NO3. The Balaban J connectivity index is 1.26. The van der Waals surface area contributed by atoms with Gasteiger partial charge in [0.1, 0.15) is 0 Å². The zero-order valence-electron chi connectivity index (χ0n) is 21.4. The van der Waals surface area contributed by atoms with Gasteiger partial charge in [0.25, 0.3) is 0 Å². The van der Waals surface area contributed by atoms with E-state index in [1.54, 1.807) is 0 Å². The van der Waals surface area contributed by atoms with Gasteiger partial charge in [0.05, 0.1) is 12.2 Å². The molecule has 0 saturated heterocycles. The number of rotatable bonds is 5. The van der Waals surface area contributed by atoms with Crippen LogP contribution >= 0.6 is 0 Å².